The number of H-pyrrole nitrogens is 1. The van der Waals surface area contributed by atoms with E-state index in [-0.39, 0.29) is 0 Å². The SMILES string of the molecule is Nc1nc(N2CCOCC2)nc2[nH]c(C3CCC3)nc12. The molecular weight excluding hydrogens is 256 g/mol. The van der Waals surface area contributed by atoms with Gasteiger partial charge in [0.1, 0.15) is 5.82 Å². The third-order valence-corrected chi connectivity index (χ3v) is 4.16. The van der Waals surface area contributed by atoms with Gasteiger partial charge in [0.05, 0.1) is 13.2 Å². The van der Waals surface area contributed by atoms with Gasteiger partial charge in [0.25, 0.3) is 0 Å². The van der Waals surface area contributed by atoms with E-state index in [1.807, 2.05) is 0 Å². The molecule has 4 rings (SSSR count). The molecule has 1 saturated carbocycles. The Morgan fingerprint density at radius 1 is 1.15 bits per heavy atom. The molecule has 0 unspecified atom stereocenters. The van der Waals surface area contributed by atoms with Gasteiger partial charge in [-0.2, -0.15) is 9.97 Å². The molecule has 7 nitrogen and oxygen atoms in total. The second kappa shape index (κ2) is 4.59. The molecule has 1 aliphatic heterocycles. The Labute approximate surface area is 116 Å². The van der Waals surface area contributed by atoms with E-state index >= 15 is 0 Å². The molecule has 2 aliphatic rings. The number of aromatic nitrogens is 4. The van der Waals surface area contributed by atoms with Crippen molar-refractivity contribution in [1.29, 1.82) is 0 Å². The van der Waals surface area contributed by atoms with Gasteiger partial charge in [-0.15, -0.1) is 0 Å². The number of nitrogens with zero attached hydrogens (tertiary/aromatic N) is 4. The maximum Gasteiger partial charge on any atom is 0.229 e. The summed E-state index contributed by atoms with van der Waals surface area (Å²) in [6.07, 6.45) is 3.68. The van der Waals surface area contributed by atoms with Crippen molar-refractivity contribution in [2.45, 2.75) is 25.2 Å². The lowest BCUT2D eigenvalue weighted by Crippen LogP contribution is -2.37. The highest BCUT2D eigenvalue weighted by Crippen LogP contribution is 2.35. The molecule has 0 amide bonds. The third-order valence-electron chi connectivity index (χ3n) is 4.16. The first kappa shape index (κ1) is 11.9. The van der Waals surface area contributed by atoms with Crippen molar-refractivity contribution in [2.75, 3.05) is 36.9 Å². The molecule has 0 bridgehead atoms. The standard InChI is InChI=1S/C13H18N6O/c14-10-9-12(17-11(15-9)8-2-1-3-8)18-13(16-10)19-4-6-20-7-5-19/h8H,1-7H2,(H3,14,15,16,17,18). The van der Waals surface area contributed by atoms with E-state index in [0.29, 0.717) is 36.4 Å². The zero-order valence-electron chi connectivity index (χ0n) is 11.3. The van der Waals surface area contributed by atoms with Crippen LogP contribution in [0.4, 0.5) is 11.8 Å². The largest absolute Gasteiger partial charge is 0.382 e. The summed E-state index contributed by atoms with van der Waals surface area (Å²) < 4.78 is 5.35. The summed E-state index contributed by atoms with van der Waals surface area (Å²) in [5, 5.41) is 0. The Bertz CT molecular complexity index is 629. The zero-order valence-corrected chi connectivity index (χ0v) is 11.3. The fourth-order valence-electron chi connectivity index (χ4n) is 2.71. The molecule has 1 saturated heterocycles. The van der Waals surface area contributed by atoms with E-state index in [1.54, 1.807) is 0 Å². The van der Waals surface area contributed by atoms with Crippen LogP contribution in [0.3, 0.4) is 0 Å². The van der Waals surface area contributed by atoms with E-state index in [0.717, 1.165) is 24.6 Å². The Balaban J connectivity index is 1.72. The maximum atomic E-state index is 6.05. The van der Waals surface area contributed by atoms with E-state index in [9.17, 15) is 0 Å². The van der Waals surface area contributed by atoms with Gasteiger partial charge in [-0.1, -0.05) is 6.42 Å². The molecule has 7 heteroatoms. The average Bonchev–Trinajstić information content (AvgIpc) is 2.81. The number of morpholine rings is 1. The van der Waals surface area contributed by atoms with Gasteiger partial charge in [-0.05, 0) is 12.8 Å². The van der Waals surface area contributed by atoms with Crippen LogP contribution in [0.2, 0.25) is 0 Å². The van der Waals surface area contributed by atoms with Crippen molar-refractivity contribution < 1.29 is 4.74 Å². The van der Waals surface area contributed by atoms with E-state index < -0.39 is 0 Å². The van der Waals surface area contributed by atoms with E-state index in [1.165, 1.54) is 19.3 Å². The Morgan fingerprint density at radius 2 is 1.95 bits per heavy atom. The minimum atomic E-state index is 0.457. The number of nitrogen functional groups attached to an aromatic ring is 1. The second-order valence-corrected chi connectivity index (χ2v) is 5.46. The van der Waals surface area contributed by atoms with Crippen LogP contribution >= 0.6 is 0 Å². The Kier molecular flexibility index (Phi) is 2.73. The first-order valence-electron chi connectivity index (χ1n) is 7.17. The van der Waals surface area contributed by atoms with Crippen LogP contribution in [-0.4, -0.2) is 46.2 Å². The number of aromatic amines is 1. The molecule has 0 radical (unpaired) electrons. The quantitative estimate of drug-likeness (QED) is 0.850. The molecule has 2 aromatic rings. The van der Waals surface area contributed by atoms with Gasteiger partial charge < -0.3 is 20.4 Å². The van der Waals surface area contributed by atoms with E-state index in [4.69, 9.17) is 10.5 Å². The van der Waals surface area contributed by atoms with Crippen LogP contribution < -0.4 is 10.6 Å². The van der Waals surface area contributed by atoms with Crippen LogP contribution in [0.15, 0.2) is 0 Å². The normalized spacial score (nSPS) is 20.3. The summed E-state index contributed by atoms with van der Waals surface area (Å²) in [6, 6.07) is 0. The number of rotatable bonds is 2. The summed E-state index contributed by atoms with van der Waals surface area (Å²) in [5.74, 6) is 2.67. The summed E-state index contributed by atoms with van der Waals surface area (Å²) in [7, 11) is 0. The van der Waals surface area contributed by atoms with E-state index in [2.05, 4.69) is 24.8 Å². The second-order valence-electron chi connectivity index (χ2n) is 5.46. The average molecular weight is 274 g/mol. The summed E-state index contributed by atoms with van der Waals surface area (Å²) in [5.41, 5.74) is 7.49. The third kappa shape index (κ3) is 1.89. The Hall–Kier alpha value is -1.89. The number of nitrogens with two attached hydrogens (primary N) is 1. The van der Waals surface area contributed by atoms with Crippen LogP contribution in [-0.2, 0) is 4.74 Å². The molecular formula is C13H18N6O. The number of hydrogen-bond donors (Lipinski definition) is 2. The lowest BCUT2D eigenvalue weighted by atomic mass is 9.85. The molecule has 2 aromatic heterocycles. The molecule has 0 atom stereocenters. The Morgan fingerprint density at radius 3 is 2.65 bits per heavy atom. The van der Waals surface area contributed by atoms with Gasteiger partial charge in [0, 0.05) is 19.0 Å². The van der Waals surface area contributed by atoms with Crippen LogP contribution in [0.25, 0.3) is 11.2 Å². The predicted molar refractivity (Wildman–Crippen MR) is 75.7 cm³/mol. The van der Waals surface area contributed by atoms with Crippen LogP contribution in [0, 0.1) is 0 Å². The van der Waals surface area contributed by atoms with Gasteiger partial charge in [0.2, 0.25) is 5.95 Å². The lowest BCUT2D eigenvalue weighted by Gasteiger charge is -2.26. The molecule has 3 N–H and O–H groups in total. The highest BCUT2D eigenvalue weighted by molar-refractivity contribution is 5.83. The highest BCUT2D eigenvalue weighted by Gasteiger charge is 2.24. The zero-order chi connectivity index (χ0) is 13.5. The van der Waals surface area contributed by atoms with Crippen molar-refractivity contribution in [2.24, 2.45) is 0 Å². The molecule has 0 aromatic carbocycles. The van der Waals surface area contributed by atoms with Gasteiger partial charge in [-0.25, -0.2) is 4.98 Å². The van der Waals surface area contributed by atoms with Crippen molar-refractivity contribution in [1.82, 2.24) is 19.9 Å². The van der Waals surface area contributed by atoms with Gasteiger partial charge in [-0.3, -0.25) is 0 Å². The molecule has 20 heavy (non-hydrogen) atoms. The highest BCUT2D eigenvalue weighted by atomic mass is 16.5. The summed E-state index contributed by atoms with van der Waals surface area (Å²) in [4.78, 5) is 19.0. The summed E-state index contributed by atoms with van der Waals surface area (Å²) >= 11 is 0. The monoisotopic (exact) mass is 274 g/mol. The molecule has 0 spiro atoms. The maximum absolute atomic E-state index is 6.05. The summed E-state index contributed by atoms with van der Waals surface area (Å²) in [6.45, 7) is 3.01. The fourth-order valence-corrected chi connectivity index (χ4v) is 2.71. The molecule has 3 heterocycles. The predicted octanol–water partition coefficient (Wildman–Crippen LogP) is 1.04. The first-order valence-corrected chi connectivity index (χ1v) is 7.17. The van der Waals surface area contributed by atoms with Crippen molar-refractivity contribution >= 4 is 22.9 Å². The van der Waals surface area contributed by atoms with Gasteiger partial charge in [0.15, 0.2) is 17.0 Å². The number of fused-ring (bicyclic) bond motifs is 1. The molecule has 106 valence electrons. The first-order chi connectivity index (χ1) is 9.81. The van der Waals surface area contributed by atoms with Crippen molar-refractivity contribution in [3.63, 3.8) is 0 Å². The van der Waals surface area contributed by atoms with Gasteiger partial charge >= 0.3 is 0 Å². The van der Waals surface area contributed by atoms with Crippen LogP contribution in [0.1, 0.15) is 31.0 Å². The number of imidazole rings is 1. The minimum absolute atomic E-state index is 0.457. The lowest BCUT2D eigenvalue weighted by molar-refractivity contribution is 0.122. The van der Waals surface area contributed by atoms with Crippen molar-refractivity contribution in [3.8, 4) is 0 Å². The number of anilines is 2. The molecule has 2 fully saturated rings. The molecule has 1 aliphatic carbocycles. The topological polar surface area (TPSA) is 93.0 Å². The number of hydrogen-bond acceptors (Lipinski definition) is 6. The number of ether oxygens (including phenoxy) is 1. The smallest absolute Gasteiger partial charge is 0.229 e. The fraction of sp³-hybridized carbons (Fsp3) is 0.615. The number of nitrogens with one attached hydrogen (secondary N) is 1. The minimum Gasteiger partial charge on any atom is -0.382 e. The van der Waals surface area contributed by atoms with Crippen LogP contribution in [0.5, 0.6) is 0 Å². The van der Waals surface area contributed by atoms with Crippen molar-refractivity contribution in [3.05, 3.63) is 5.82 Å².